The number of hydrogen-bond donors (Lipinski definition) is 1. The maximum absolute atomic E-state index is 6.31. The Kier molecular flexibility index (Phi) is 7.42. The highest BCUT2D eigenvalue weighted by Crippen LogP contribution is 2.20. The van der Waals surface area contributed by atoms with E-state index in [2.05, 4.69) is 36.1 Å². The first-order chi connectivity index (χ1) is 9.13. The Morgan fingerprint density at radius 1 is 1.26 bits per heavy atom. The van der Waals surface area contributed by atoms with E-state index in [1.54, 1.807) is 0 Å². The molecule has 1 aromatic rings. The number of hydrogen-bond acceptors (Lipinski definition) is 3. The summed E-state index contributed by atoms with van der Waals surface area (Å²) in [6.45, 7) is 11.6. The number of nitrogens with one attached hydrogen (secondary N) is 1. The van der Waals surface area contributed by atoms with Crippen molar-refractivity contribution in [3.63, 3.8) is 0 Å². The van der Waals surface area contributed by atoms with Crippen molar-refractivity contribution in [2.45, 2.75) is 40.2 Å². The third-order valence-corrected chi connectivity index (χ3v) is 3.82. The van der Waals surface area contributed by atoms with Gasteiger partial charge in [-0.25, -0.2) is 0 Å². The zero-order valence-corrected chi connectivity index (χ0v) is 13.4. The Bertz CT molecular complexity index is 376. The van der Waals surface area contributed by atoms with Crippen LogP contribution in [0, 0.1) is 0 Å². The second kappa shape index (κ2) is 8.56. The molecule has 0 aliphatic rings. The van der Waals surface area contributed by atoms with E-state index in [1.807, 2.05) is 11.7 Å². The van der Waals surface area contributed by atoms with Crippen LogP contribution in [0.5, 0.6) is 0 Å². The highest BCUT2D eigenvalue weighted by Gasteiger charge is 2.12. The Balaban J connectivity index is 2.39. The summed E-state index contributed by atoms with van der Waals surface area (Å²) >= 11 is 6.31. The second-order valence-electron chi connectivity index (χ2n) is 4.80. The first kappa shape index (κ1) is 16.5. The maximum atomic E-state index is 6.31. The van der Waals surface area contributed by atoms with E-state index in [9.17, 15) is 0 Å². The molecule has 0 atom stereocenters. The van der Waals surface area contributed by atoms with Crippen molar-refractivity contribution < 1.29 is 0 Å². The van der Waals surface area contributed by atoms with Gasteiger partial charge in [-0.15, -0.1) is 0 Å². The smallest absolute Gasteiger partial charge is 0.0863 e. The van der Waals surface area contributed by atoms with Crippen LogP contribution in [-0.4, -0.2) is 40.9 Å². The number of rotatable bonds is 9. The molecule has 4 nitrogen and oxygen atoms in total. The Morgan fingerprint density at radius 3 is 2.53 bits per heavy atom. The summed E-state index contributed by atoms with van der Waals surface area (Å²) in [6, 6.07) is 0. The van der Waals surface area contributed by atoms with Crippen molar-refractivity contribution in [3.8, 4) is 0 Å². The molecule has 0 aliphatic heterocycles. The van der Waals surface area contributed by atoms with Gasteiger partial charge in [0.05, 0.1) is 16.4 Å². The van der Waals surface area contributed by atoms with Crippen molar-refractivity contribution in [1.29, 1.82) is 0 Å². The molecule has 19 heavy (non-hydrogen) atoms. The van der Waals surface area contributed by atoms with E-state index in [0.717, 1.165) is 49.0 Å². The Labute approximate surface area is 122 Å². The number of aromatic nitrogens is 2. The van der Waals surface area contributed by atoms with Crippen LogP contribution in [0.4, 0.5) is 0 Å². The fourth-order valence-electron chi connectivity index (χ4n) is 2.20. The molecule has 0 spiro atoms. The lowest BCUT2D eigenvalue weighted by atomic mass is 10.3. The molecule has 0 unspecified atom stereocenters. The van der Waals surface area contributed by atoms with Gasteiger partial charge in [0.1, 0.15) is 0 Å². The minimum absolute atomic E-state index is 0.784. The molecule has 0 bridgehead atoms. The summed E-state index contributed by atoms with van der Waals surface area (Å²) in [5.41, 5.74) is 2.07. The van der Waals surface area contributed by atoms with Gasteiger partial charge in [0.15, 0.2) is 0 Å². The standard InChI is InChI=1S/C14H27ClN4/c1-5-9-19(7-3)10-8-16-11-13-14(15)12(6-2)17-18(13)4/h16H,5-11H2,1-4H3. The van der Waals surface area contributed by atoms with Crippen LogP contribution >= 0.6 is 11.6 Å². The Hall–Kier alpha value is -0.580. The lowest BCUT2D eigenvalue weighted by Crippen LogP contribution is -2.32. The van der Waals surface area contributed by atoms with E-state index < -0.39 is 0 Å². The number of likely N-dealkylation sites (N-methyl/N-ethyl adjacent to an activating group) is 1. The van der Waals surface area contributed by atoms with Gasteiger partial charge in [-0.3, -0.25) is 4.68 Å². The quantitative estimate of drug-likeness (QED) is 0.708. The van der Waals surface area contributed by atoms with Gasteiger partial charge in [-0.2, -0.15) is 5.10 Å². The molecule has 5 heteroatoms. The summed E-state index contributed by atoms with van der Waals surface area (Å²) in [5, 5.41) is 8.70. The molecule has 0 aliphatic carbocycles. The average Bonchev–Trinajstić information content (AvgIpc) is 2.68. The number of aryl methyl sites for hydroxylation is 2. The molecule has 1 rings (SSSR count). The molecular formula is C14H27ClN4. The third-order valence-electron chi connectivity index (χ3n) is 3.39. The molecule has 0 saturated heterocycles. The molecule has 0 fully saturated rings. The summed E-state index contributed by atoms with van der Waals surface area (Å²) in [6.07, 6.45) is 2.09. The zero-order chi connectivity index (χ0) is 14.3. The van der Waals surface area contributed by atoms with Crippen LogP contribution in [0.25, 0.3) is 0 Å². The normalized spacial score (nSPS) is 11.5. The molecule has 0 aromatic carbocycles. The largest absolute Gasteiger partial charge is 0.310 e. The molecule has 110 valence electrons. The lowest BCUT2D eigenvalue weighted by Gasteiger charge is -2.19. The predicted molar refractivity (Wildman–Crippen MR) is 81.7 cm³/mol. The highest BCUT2D eigenvalue weighted by molar-refractivity contribution is 6.31. The van der Waals surface area contributed by atoms with Crippen LogP contribution in [0.2, 0.25) is 5.02 Å². The molecule has 0 radical (unpaired) electrons. The first-order valence-electron chi connectivity index (χ1n) is 7.27. The topological polar surface area (TPSA) is 33.1 Å². The van der Waals surface area contributed by atoms with Gasteiger partial charge < -0.3 is 10.2 Å². The fraction of sp³-hybridized carbons (Fsp3) is 0.786. The van der Waals surface area contributed by atoms with E-state index in [0.29, 0.717) is 0 Å². The van der Waals surface area contributed by atoms with Crippen molar-refractivity contribution >= 4 is 11.6 Å². The second-order valence-corrected chi connectivity index (χ2v) is 5.17. The average molecular weight is 287 g/mol. The molecule has 0 saturated carbocycles. The van der Waals surface area contributed by atoms with E-state index >= 15 is 0 Å². The van der Waals surface area contributed by atoms with Gasteiger partial charge in [0.2, 0.25) is 0 Å². The van der Waals surface area contributed by atoms with Gasteiger partial charge in [-0.1, -0.05) is 32.4 Å². The number of halogens is 1. The molecular weight excluding hydrogens is 260 g/mol. The van der Waals surface area contributed by atoms with Crippen LogP contribution in [0.3, 0.4) is 0 Å². The van der Waals surface area contributed by atoms with E-state index in [4.69, 9.17) is 11.6 Å². The van der Waals surface area contributed by atoms with Crippen molar-refractivity contribution in [3.05, 3.63) is 16.4 Å². The van der Waals surface area contributed by atoms with Crippen molar-refractivity contribution in [2.75, 3.05) is 26.2 Å². The van der Waals surface area contributed by atoms with Crippen LogP contribution < -0.4 is 5.32 Å². The molecule has 1 heterocycles. The van der Waals surface area contributed by atoms with E-state index in [1.165, 1.54) is 13.0 Å². The first-order valence-corrected chi connectivity index (χ1v) is 7.65. The van der Waals surface area contributed by atoms with Gasteiger partial charge >= 0.3 is 0 Å². The predicted octanol–water partition coefficient (Wildman–Crippen LogP) is 2.46. The van der Waals surface area contributed by atoms with E-state index in [-0.39, 0.29) is 0 Å². The summed E-state index contributed by atoms with van der Waals surface area (Å²) in [5.74, 6) is 0. The van der Waals surface area contributed by atoms with Crippen LogP contribution in [0.1, 0.15) is 38.6 Å². The fourth-order valence-corrected chi connectivity index (χ4v) is 2.56. The maximum Gasteiger partial charge on any atom is 0.0863 e. The minimum atomic E-state index is 0.784. The number of nitrogens with zero attached hydrogens (tertiary/aromatic N) is 3. The third kappa shape index (κ3) is 4.79. The van der Waals surface area contributed by atoms with Crippen LogP contribution in [-0.2, 0) is 20.0 Å². The molecule has 1 N–H and O–H groups in total. The monoisotopic (exact) mass is 286 g/mol. The molecule has 1 aromatic heterocycles. The van der Waals surface area contributed by atoms with Crippen LogP contribution in [0.15, 0.2) is 0 Å². The summed E-state index contributed by atoms with van der Waals surface area (Å²) in [7, 11) is 1.96. The van der Waals surface area contributed by atoms with Gasteiger partial charge in [0.25, 0.3) is 0 Å². The minimum Gasteiger partial charge on any atom is -0.310 e. The van der Waals surface area contributed by atoms with Crippen molar-refractivity contribution in [2.24, 2.45) is 7.05 Å². The zero-order valence-electron chi connectivity index (χ0n) is 12.7. The summed E-state index contributed by atoms with van der Waals surface area (Å²) in [4.78, 5) is 2.45. The molecule has 0 amide bonds. The van der Waals surface area contributed by atoms with Gasteiger partial charge in [0, 0.05) is 26.7 Å². The lowest BCUT2D eigenvalue weighted by molar-refractivity contribution is 0.287. The Morgan fingerprint density at radius 2 is 2.00 bits per heavy atom. The SMILES string of the molecule is CCCN(CC)CCNCc1c(Cl)c(CC)nn1C. The summed E-state index contributed by atoms with van der Waals surface area (Å²) < 4.78 is 1.89. The highest BCUT2D eigenvalue weighted by atomic mass is 35.5. The van der Waals surface area contributed by atoms with Crippen molar-refractivity contribution in [1.82, 2.24) is 20.0 Å². The van der Waals surface area contributed by atoms with Gasteiger partial charge in [-0.05, 0) is 25.9 Å².